The summed E-state index contributed by atoms with van der Waals surface area (Å²) in [6.07, 6.45) is 6.62. The Kier molecular flexibility index (Phi) is 6.17. The van der Waals surface area contributed by atoms with E-state index in [0.29, 0.717) is 11.4 Å². The summed E-state index contributed by atoms with van der Waals surface area (Å²) in [7, 11) is 0. The van der Waals surface area contributed by atoms with Gasteiger partial charge >= 0.3 is 0 Å². The molecule has 1 heterocycles. The molecule has 2 aromatic rings. The zero-order valence-corrected chi connectivity index (χ0v) is 16.9. The van der Waals surface area contributed by atoms with Crippen molar-refractivity contribution in [3.63, 3.8) is 0 Å². The average molecular weight is 383 g/mol. The third-order valence-electron chi connectivity index (χ3n) is 5.29. The Balaban J connectivity index is 1.77. The van der Waals surface area contributed by atoms with Crippen LogP contribution in [0.2, 0.25) is 0 Å². The van der Waals surface area contributed by atoms with Gasteiger partial charge in [-0.05, 0) is 36.0 Å². The van der Waals surface area contributed by atoms with Crippen LogP contribution in [-0.2, 0) is 10.2 Å². The fraction of sp³-hybridized carbons (Fsp3) is 0.500. The van der Waals surface area contributed by atoms with E-state index >= 15 is 0 Å². The van der Waals surface area contributed by atoms with Gasteiger partial charge in [0.2, 0.25) is 5.91 Å². The molecule has 1 fully saturated rings. The van der Waals surface area contributed by atoms with Crippen molar-refractivity contribution < 1.29 is 14.1 Å². The van der Waals surface area contributed by atoms with E-state index in [-0.39, 0.29) is 29.8 Å². The highest BCUT2D eigenvalue weighted by Gasteiger charge is 2.28. The molecular weight excluding hydrogens is 354 g/mol. The Labute approximate surface area is 166 Å². The van der Waals surface area contributed by atoms with Crippen molar-refractivity contribution in [3.8, 4) is 0 Å². The second-order valence-corrected chi connectivity index (χ2v) is 8.49. The molecule has 0 saturated heterocycles. The maximum atomic E-state index is 13.3. The average Bonchev–Trinajstić information content (AvgIpc) is 3.18. The number of carbonyl (C=O) groups is 2. The molecule has 1 N–H and O–H groups in total. The molecule has 1 aliphatic carbocycles. The second-order valence-electron chi connectivity index (χ2n) is 8.49. The van der Waals surface area contributed by atoms with E-state index < -0.39 is 0 Å². The zero-order valence-electron chi connectivity index (χ0n) is 16.9. The van der Waals surface area contributed by atoms with E-state index in [1.807, 2.05) is 24.3 Å². The largest absolute Gasteiger partial charge is 0.363 e. The number of carbonyl (C=O) groups excluding carboxylic acids is 2. The van der Waals surface area contributed by atoms with Gasteiger partial charge in [0.15, 0.2) is 5.82 Å². The lowest BCUT2D eigenvalue weighted by atomic mass is 9.86. The predicted molar refractivity (Wildman–Crippen MR) is 108 cm³/mol. The lowest BCUT2D eigenvalue weighted by molar-refractivity contribution is -0.117. The predicted octanol–water partition coefficient (Wildman–Crippen LogP) is 4.39. The Morgan fingerprint density at radius 3 is 2.36 bits per heavy atom. The Morgan fingerprint density at radius 1 is 1.11 bits per heavy atom. The number of rotatable bonds is 5. The number of aromatic nitrogens is 1. The highest BCUT2D eigenvalue weighted by molar-refractivity contribution is 5.99. The van der Waals surface area contributed by atoms with Crippen LogP contribution < -0.4 is 5.32 Å². The summed E-state index contributed by atoms with van der Waals surface area (Å²) in [5.74, 6) is -0.00243. The molecule has 1 aliphatic rings. The normalized spacial score (nSPS) is 15.2. The van der Waals surface area contributed by atoms with Gasteiger partial charge in [-0.15, -0.1) is 0 Å². The molecule has 1 aromatic heterocycles. The first-order valence-corrected chi connectivity index (χ1v) is 9.96. The molecule has 28 heavy (non-hydrogen) atoms. The Hall–Kier alpha value is -2.63. The van der Waals surface area contributed by atoms with E-state index in [1.165, 1.54) is 18.2 Å². The quantitative estimate of drug-likeness (QED) is 0.831. The smallest absolute Gasteiger partial charge is 0.254 e. The summed E-state index contributed by atoms with van der Waals surface area (Å²) in [5.41, 5.74) is 1.83. The van der Waals surface area contributed by atoms with Crippen LogP contribution in [0, 0.1) is 0 Å². The van der Waals surface area contributed by atoms with Crippen molar-refractivity contribution in [2.75, 3.05) is 11.9 Å². The van der Waals surface area contributed by atoms with Crippen LogP contribution in [-0.4, -0.2) is 34.5 Å². The van der Waals surface area contributed by atoms with E-state index in [1.54, 1.807) is 11.0 Å². The molecular formula is C22H29N3O3. The molecule has 1 aromatic carbocycles. The number of hydrogen-bond donors (Lipinski definition) is 1. The molecule has 6 heteroatoms. The van der Waals surface area contributed by atoms with Crippen molar-refractivity contribution in [1.29, 1.82) is 0 Å². The maximum absolute atomic E-state index is 13.3. The minimum absolute atomic E-state index is 0.0113. The van der Waals surface area contributed by atoms with Gasteiger partial charge in [0.05, 0.1) is 0 Å². The number of nitrogens with one attached hydrogen (secondary N) is 1. The van der Waals surface area contributed by atoms with Crippen LogP contribution in [0.25, 0.3) is 0 Å². The summed E-state index contributed by atoms with van der Waals surface area (Å²) >= 11 is 0. The third-order valence-corrected chi connectivity index (χ3v) is 5.29. The van der Waals surface area contributed by atoms with E-state index in [4.69, 9.17) is 4.52 Å². The fourth-order valence-corrected chi connectivity index (χ4v) is 3.65. The van der Waals surface area contributed by atoms with Crippen molar-refractivity contribution in [2.24, 2.45) is 0 Å². The lowest BCUT2D eigenvalue weighted by Crippen LogP contribution is -2.45. The number of nitrogens with zero attached hydrogens (tertiary/aromatic N) is 2. The number of amides is 2. The SMILES string of the molecule is CC(C)(C)c1ccc(C(=O)N(CC(=O)Nc2ccon2)C2CCCCC2)cc1. The van der Waals surface area contributed by atoms with Crippen LogP contribution in [0.3, 0.4) is 0 Å². The van der Waals surface area contributed by atoms with Crippen molar-refractivity contribution >= 4 is 17.6 Å². The van der Waals surface area contributed by atoms with Gasteiger partial charge in [-0.25, -0.2) is 0 Å². The minimum atomic E-state index is -0.265. The summed E-state index contributed by atoms with van der Waals surface area (Å²) in [5, 5.41) is 6.39. The fourth-order valence-electron chi connectivity index (χ4n) is 3.65. The molecule has 0 spiro atoms. The van der Waals surface area contributed by atoms with Gasteiger partial charge in [-0.1, -0.05) is 57.3 Å². The number of hydrogen-bond acceptors (Lipinski definition) is 4. The van der Waals surface area contributed by atoms with Crippen LogP contribution in [0.4, 0.5) is 5.82 Å². The molecule has 6 nitrogen and oxygen atoms in total. The van der Waals surface area contributed by atoms with Crippen molar-refractivity contribution in [2.45, 2.75) is 64.3 Å². The zero-order chi connectivity index (χ0) is 20.1. The standard InChI is InChI=1S/C22H29N3O3/c1-22(2,3)17-11-9-16(10-12-17)21(27)25(18-7-5-4-6-8-18)15-20(26)23-19-13-14-28-24-19/h9-14,18H,4-8,15H2,1-3H3,(H,23,24,26). The summed E-state index contributed by atoms with van der Waals surface area (Å²) in [4.78, 5) is 27.5. The van der Waals surface area contributed by atoms with Crippen molar-refractivity contribution in [1.82, 2.24) is 10.1 Å². The first-order valence-electron chi connectivity index (χ1n) is 9.96. The van der Waals surface area contributed by atoms with E-state index in [0.717, 1.165) is 25.7 Å². The maximum Gasteiger partial charge on any atom is 0.254 e. The van der Waals surface area contributed by atoms with Gasteiger partial charge in [0.1, 0.15) is 12.8 Å². The molecule has 3 rings (SSSR count). The number of benzene rings is 1. The van der Waals surface area contributed by atoms with Gasteiger partial charge in [0, 0.05) is 17.7 Å². The lowest BCUT2D eigenvalue weighted by Gasteiger charge is -2.34. The van der Waals surface area contributed by atoms with E-state index in [2.05, 4.69) is 31.2 Å². The van der Waals surface area contributed by atoms with Gasteiger partial charge < -0.3 is 14.7 Å². The Bertz CT molecular complexity index is 785. The molecule has 0 radical (unpaired) electrons. The van der Waals surface area contributed by atoms with Crippen LogP contribution in [0.15, 0.2) is 41.1 Å². The third kappa shape index (κ3) is 5.00. The molecule has 0 bridgehead atoms. The molecule has 0 aliphatic heterocycles. The molecule has 1 saturated carbocycles. The highest BCUT2D eigenvalue weighted by atomic mass is 16.5. The number of anilines is 1. The van der Waals surface area contributed by atoms with Crippen LogP contribution >= 0.6 is 0 Å². The van der Waals surface area contributed by atoms with Gasteiger partial charge in [-0.3, -0.25) is 9.59 Å². The van der Waals surface area contributed by atoms with Gasteiger partial charge in [-0.2, -0.15) is 0 Å². The topological polar surface area (TPSA) is 75.4 Å². The first kappa shape index (κ1) is 20.1. The van der Waals surface area contributed by atoms with Crippen LogP contribution in [0.5, 0.6) is 0 Å². The van der Waals surface area contributed by atoms with E-state index in [9.17, 15) is 9.59 Å². The first-order chi connectivity index (χ1) is 13.3. The molecule has 0 atom stereocenters. The van der Waals surface area contributed by atoms with Crippen molar-refractivity contribution in [3.05, 3.63) is 47.7 Å². The summed E-state index contributed by atoms with van der Waals surface area (Å²) in [6.45, 7) is 6.45. The molecule has 0 unspecified atom stereocenters. The molecule has 2 amide bonds. The Morgan fingerprint density at radius 2 is 1.79 bits per heavy atom. The summed E-state index contributed by atoms with van der Waals surface area (Å²) < 4.78 is 4.75. The summed E-state index contributed by atoms with van der Waals surface area (Å²) in [6, 6.07) is 9.41. The minimum Gasteiger partial charge on any atom is -0.363 e. The second kappa shape index (κ2) is 8.59. The monoisotopic (exact) mass is 383 g/mol. The highest BCUT2D eigenvalue weighted by Crippen LogP contribution is 2.26. The van der Waals surface area contributed by atoms with Gasteiger partial charge in [0.25, 0.3) is 5.91 Å². The van der Waals surface area contributed by atoms with Crippen LogP contribution in [0.1, 0.15) is 68.8 Å². The molecule has 150 valence electrons.